The number of ether oxygens (including phenoxy) is 1. The van der Waals surface area contributed by atoms with E-state index in [0.29, 0.717) is 29.8 Å². The van der Waals surface area contributed by atoms with Crippen molar-refractivity contribution in [2.45, 2.75) is 19.3 Å². The van der Waals surface area contributed by atoms with E-state index in [-0.39, 0.29) is 11.8 Å². The van der Waals surface area contributed by atoms with Gasteiger partial charge in [0.05, 0.1) is 18.4 Å². The Kier molecular flexibility index (Phi) is 5.31. The smallest absolute Gasteiger partial charge is 0.339 e. The van der Waals surface area contributed by atoms with Gasteiger partial charge in [-0.1, -0.05) is 12.1 Å². The van der Waals surface area contributed by atoms with Gasteiger partial charge in [-0.05, 0) is 49.2 Å². The van der Waals surface area contributed by atoms with E-state index >= 15 is 0 Å². The molecular formula is C20H20N2O4. The van der Waals surface area contributed by atoms with Gasteiger partial charge < -0.3 is 15.0 Å². The van der Waals surface area contributed by atoms with E-state index in [2.05, 4.69) is 5.32 Å². The fourth-order valence-electron chi connectivity index (χ4n) is 2.95. The second-order valence-corrected chi connectivity index (χ2v) is 6.04. The van der Waals surface area contributed by atoms with E-state index in [1.54, 1.807) is 53.4 Å². The molecule has 0 bridgehead atoms. The van der Waals surface area contributed by atoms with Crippen molar-refractivity contribution in [2.75, 3.05) is 23.9 Å². The second kappa shape index (κ2) is 7.82. The van der Waals surface area contributed by atoms with Crippen molar-refractivity contribution in [2.24, 2.45) is 0 Å². The first-order valence-corrected chi connectivity index (χ1v) is 8.49. The van der Waals surface area contributed by atoms with Gasteiger partial charge in [0.15, 0.2) is 0 Å². The minimum absolute atomic E-state index is 0.112. The zero-order valence-corrected chi connectivity index (χ0v) is 14.5. The van der Waals surface area contributed by atoms with E-state index in [9.17, 15) is 14.4 Å². The van der Waals surface area contributed by atoms with Crippen molar-refractivity contribution in [3.8, 4) is 0 Å². The minimum atomic E-state index is -0.514. The number of piperidine rings is 1. The lowest BCUT2D eigenvalue weighted by Crippen LogP contribution is -2.35. The lowest BCUT2D eigenvalue weighted by molar-refractivity contribution is -0.119. The summed E-state index contributed by atoms with van der Waals surface area (Å²) in [5.41, 5.74) is 1.91. The Morgan fingerprint density at radius 3 is 2.46 bits per heavy atom. The zero-order chi connectivity index (χ0) is 18.5. The van der Waals surface area contributed by atoms with Crippen LogP contribution in [0.3, 0.4) is 0 Å². The first-order valence-electron chi connectivity index (χ1n) is 8.49. The Morgan fingerprint density at radius 1 is 1.04 bits per heavy atom. The molecule has 1 N–H and O–H groups in total. The van der Waals surface area contributed by atoms with Crippen LogP contribution in [0.5, 0.6) is 0 Å². The molecule has 1 heterocycles. The molecule has 1 saturated heterocycles. The lowest BCUT2D eigenvalue weighted by atomic mass is 10.1. The van der Waals surface area contributed by atoms with Crippen LogP contribution in [-0.2, 0) is 9.53 Å². The molecule has 1 fully saturated rings. The molecule has 0 spiro atoms. The molecule has 0 aliphatic carbocycles. The van der Waals surface area contributed by atoms with Crippen LogP contribution >= 0.6 is 0 Å². The highest BCUT2D eigenvalue weighted by Gasteiger charge is 2.20. The van der Waals surface area contributed by atoms with Crippen LogP contribution in [-0.4, -0.2) is 31.4 Å². The molecule has 0 saturated carbocycles. The second-order valence-electron chi connectivity index (χ2n) is 6.04. The van der Waals surface area contributed by atoms with Crippen LogP contribution in [0.15, 0.2) is 48.5 Å². The van der Waals surface area contributed by atoms with E-state index in [1.165, 1.54) is 7.11 Å². The summed E-state index contributed by atoms with van der Waals surface area (Å²) >= 11 is 0. The zero-order valence-electron chi connectivity index (χ0n) is 14.5. The number of anilines is 2. The highest BCUT2D eigenvalue weighted by atomic mass is 16.5. The number of para-hydroxylation sites is 1. The topological polar surface area (TPSA) is 75.7 Å². The van der Waals surface area contributed by atoms with Gasteiger partial charge in [0.1, 0.15) is 0 Å². The van der Waals surface area contributed by atoms with Gasteiger partial charge in [-0.3, -0.25) is 9.59 Å². The summed E-state index contributed by atoms with van der Waals surface area (Å²) in [6.45, 7) is 0.705. The highest BCUT2D eigenvalue weighted by Crippen LogP contribution is 2.22. The predicted octanol–water partition coefficient (Wildman–Crippen LogP) is 3.24. The van der Waals surface area contributed by atoms with Crippen LogP contribution in [0, 0.1) is 0 Å². The molecular weight excluding hydrogens is 332 g/mol. The minimum Gasteiger partial charge on any atom is -0.465 e. The average Bonchev–Trinajstić information content (AvgIpc) is 2.68. The third-order valence-corrected chi connectivity index (χ3v) is 4.35. The van der Waals surface area contributed by atoms with E-state index in [0.717, 1.165) is 18.5 Å². The van der Waals surface area contributed by atoms with Crippen LogP contribution < -0.4 is 10.2 Å². The summed E-state index contributed by atoms with van der Waals surface area (Å²) in [6.07, 6.45) is 2.47. The Bertz CT molecular complexity index is 830. The Balaban J connectivity index is 1.75. The maximum Gasteiger partial charge on any atom is 0.339 e. The van der Waals surface area contributed by atoms with Crippen LogP contribution in [0.4, 0.5) is 11.4 Å². The van der Waals surface area contributed by atoms with Crippen molar-refractivity contribution in [3.05, 3.63) is 59.7 Å². The molecule has 2 amide bonds. The van der Waals surface area contributed by atoms with Gasteiger partial charge in [0, 0.05) is 24.2 Å². The van der Waals surface area contributed by atoms with Crippen molar-refractivity contribution in [1.29, 1.82) is 0 Å². The number of hydrogen-bond donors (Lipinski definition) is 1. The lowest BCUT2D eigenvalue weighted by Gasteiger charge is -2.26. The predicted molar refractivity (Wildman–Crippen MR) is 98.4 cm³/mol. The number of carbonyl (C=O) groups is 3. The van der Waals surface area contributed by atoms with Crippen LogP contribution in [0.1, 0.15) is 40.0 Å². The molecule has 1 aliphatic rings. The standard InChI is InChI=1S/C20H20N2O4/c1-26-20(25)16-6-2-3-7-17(16)21-19(24)14-9-11-15(12-10-14)22-13-5-4-8-18(22)23/h2-3,6-7,9-12H,4-5,8,13H2,1H3,(H,21,24). The summed E-state index contributed by atoms with van der Waals surface area (Å²) < 4.78 is 4.73. The van der Waals surface area contributed by atoms with E-state index < -0.39 is 5.97 Å². The summed E-state index contributed by atoms with van der Waals surface area (Å²) in [5.74, 6) is -0.738. The quantitative estimate of drug-likeness (QED) is 0.857. The van der Waals surface area contributed by atoms with E-state index in [1.807, 2.05) is 0 Å². The van der Waals surface area contributed by atoms with Crippen molar-refractivity contribution in [3.63, 3.8) is 0 Å². The largest absolute Gasteiger partial charge is 0.465 e. The van der Waals surface area contributed by atoms with Crippen molar-refractivity contribution in [1.82, 2.24) is 0 Å². The molecule has 0 atom stereocenters. The molecule has 2 aromatic rings. The summed E-state index contributed by atoms with van der Waals surface area (Å²) in [6, 6.07) is 13.5. The highest BCUT2D eigenvalue weighted by molar-refractivity contribution is 6.08. The van der Waals surface area contributed by atoms with Gasteiger partial charge in [0.2, 0.25) is 5.91 Å². The molecule has 6 nitrogen and oxygen atoms in total. The number of nitrogens with one attached hydrogen (secondary N) is 1. The first kappa shape index (κ1) is 17.7. The number of benzene rings is 2. The maximum absolute atomic E-state index is 12.5. The monoisotopic (exact) mass is 352 g/mol. The fourth-order valence-corrected chi connectivity index (χ4v) is 2.95. The molecule has 134 valence electrons. The van der Waals surface area contributed by atoms with Gasteiger partial charge in [-0.15, -0.1) is 0 Å². The molecule has 1 aliphatic heterocycles. The number of rotatable bonds is 4. The number of esters is 1. The Hall–Kier alpha value is -3.15. The number of methoxy groups -OCH3 is 1. The number of carbonyl (C=O) groups excluding carboxylic acids is 3. The fraction of sp³-hybridized carbons (Fsp3) is 0.250. The number of amides is 2. The van der Waals surface area contributed by atoms with Crippen LogP contribution in [0.25, 0.3) is 0 Å². The van der Waals surface area contributed by atoms with Crippen molar-refractivity contribution < 1.29 is 19.1 Å². The maximum atomic E-state index is 12.5. The summed E-state index contributed by atoms with van der Waals surface area (Å²) in [4.78, 5) is 38.0. The first-order chi connectivity index (χ1) is 12.6. The average molecular weight is 352 g/mol. The molecule has 0 unspecified atom stereocenters. The molecule has 0 radical (unpaired) electrons. The third kappa shape index (κ3) is 3.74. The van der Waals surface area contributed by atoms with E-state index in [4.69, 9.17) is 4.74 Å². The third-order valence-electron chi connectivity index (χ3n) is 4.35. The van der Waals surface area contributed by atoms with Gasteiger partial charge in [0.25, 0.3) is 5.91 Å². The SMILES string of the molecule is COC(=O)c1ccccc1NC(=O)c1ccc(N2CCCCC2=O)cc1. The number of nitrogens with zero attached hydrogens (tertiary/aromatic N) is 1. The molecule has 3 rings (SSSR count). The molecule has 2 aromatic carbocycles. The molecule has 0 aromatic heterocycles. The van der Waals surface area contributed by atoms with Crippen molar-refractivity contribution >= 4 is 29.2 Å². The Labute approximate surface area is 151 Å². The van der Waals surface area contributed by atoms with Gasteiger partial charge in [-0.2, -0.15) is 0 Å². The number of hydrogen-bond acceptors (Lipinski definition) is 4. The van der Waals surface area contributed by atoms with Gasteiger partial charge in [-0.25, -0.2) is 4.79 Å². The summed E-state index contributed by atoms with van der Waals surface area (Å²) in [7, 11) is 1.29. The molecule has 26 heavy (non-hydrogen) atoms. The Morgan fingerprint density at radius 2 is 1.77 bits per heavy atom. The normalized spacial score (nSPS) is 14.0. The van der Waals surface area contributed by atoms with Gasteiger partial charge >= 0.3 is 5.97 Å². The summed E-state index contributed by atoms with van der Waals surface area (Å²) in [5, 5.41) is 2.73. The van der Waals surface area contributed by atoms with Crippen LogP contribution in [0.2, 0.25) is 0 Å². The molecule has 6 heteroatoms.